The summed E-state index contributed by atoms with van der Waals surface area (Å²) in [5, 5.41) is 2.18. The van der Waals surface area contributed by atoms with Crippen LogP contribution in [-0.4, -0.2) is 29.0 Å². The van der Waals surface area contributed by atoms with E-state index >= 15 is 0 Å². The standard InChI is InChI=1S/C17H33N3O/c1-11-7-6-8-12(2)20(11)19-16(21)14-9-10-15(18)13(3)17(14,4)5/h11-15H,6-10,18H2,1-5H3,(H,19,21). The van der Waals surface area contributed by atoms with E-state index in [4.69, 9.17) is 5.73 Å². The number of nitrogens with one attached hydrogen (secondary N) is 1. The predicted octanol–water partition coefficient (Wildman–Crippen LogP) is 2.68. The average Bonchev–Trinajstić information content (AvgIpc) is 2.40. The summed E-state index contributed by atoms with van der Waals surface area (Å²) in [5.41, 5.74) is 9.40. The van der Waals surface area contributed by atoms with Gasteiger partial charge in [-0.15, -0.1) is 0 Å². The van der Waals surface area contributed by atoms with E-state index in [0.29, 0.717) is 18.0 Å². The molecule has 1 aliphatic carbocycles. The normalized spacial score (nSPS) is 40.8. The smallest absolute Gasteiger partial charge is 0.237 e. The SMILES string of the molecule is CC1CCCC(C)N1NC(=O)C1CCC(N)C(C)C1(C)C. The molecule has 21 heavy (non-hydrogen) atoms. The second-order valence-corrected chi connectivity index (χ2v) is 7.92. The molecule has 5 atom stereocenters. The minimum absolute atomic E-state index is 0.0377. The Morgan fingerprint density at radius 2 is 1.67 bits per heavy atom. The van der Waals surface area contributed by atoms with Crippen molar-refractivity contribution in [2.45, 2.75) is 84.8 Å². The quantitative estimate of drug-likeness (QED) is 0.823. The van der Waals surface area contributed by atoms with Gasteiger partial charge in [-0.3, -0.25) is 10.2 Å². The molecule has 5 unspecified atom stereocenters. The maximum atomic E-state index is 12.8. The summed E-state index contributed by atoms with van der Waals surface area (Å²) >= 11 is 0. The highest BCUT2D eigenvalue weighted by Gasteiger charge is 2.45. The maximum absolute atomic E-state index is 12.8. The third-order valence-corrected chi connectivity index (χ3v) is 6.25. The minimum atomic E-state index is -0.0377. The Morgan fingerprint density at radius 3 is 2.24 bits per heavy atom. The molecule has 0 bridgehead atoms. The molecular weight excluding hydrogens is 262 g/mol. The lowest BCUT2D eigenvalue weighted by molar-refractivity contribution is -0.141. The Labute approximate surface area is 129 Å². The van der Waals surface area contributed by atoms with Crippen LogP contribution >= 0.6 is 0 Å². The number of amides is 1. The van der Waals surface area contributed by atoms with Gasteiger partial charge in [0.2, 0.25) is 5.91 Å². The number of carbonyl (C=O) groups is 1. The first-order valence-electron chi connectivity index (χ1n) is 8.59. The van der Waals surface area contributed by atoms with E-state index < -0.39 is 0 Å². The Kier molecular flexibility index (Phi) is 4.99. The molecule has 1 aliphatic heterocycles. The fourth-order valence-corrected chi connectivity index (χ4v) is 4.17. The van der Waals surface area contributed by atoms with Crippen LogP contribution in [0, 0.1) is 17.3 Å². The highest BCUT2D eigenvalue weighted by atomic mass is 16.2. The largest absolute Gasteiger partial charge is 0.327 e. The summed E-state index contributed by atoms with van der Waals surface area (Å²) in [4.78, 5) is 12.8. The first kappa shape index (κ1) is 16.8. The molecular formula is C17H33N3O. The van der Waals surface area contributed by atoms with Gasteiger partial charge >= 0.3 is 0 Å². The van der Waals surface area contributed by atoms with Gasteiger partial charge in [-0.2, -0.15) is 0 Å². The highest BCUT2D eigenvalue weighted by Crippen LogP contribution is 2.44. The summed E-state index contributed by atoms with van der Waals surface area (Å²) < 4.78 is 0. The van der Waals surface area contributed by atoms with E-state index in [1.807, 2.05) is 0 Å². The van der Waals surface area contributed by atoms with Gasteiger partial charge in [-0.1, -0.05) is 27.2 Å². The van der Waals surface area contributed by atoms with Crippen molar-refractivity contribution in [3.05, 3.63) is 0 Å². The average molecular weight is 295 g/mol. The monoisotopic (exact) mass is 295 g/mol. The molecule has 1 saturated carbocycles. The molecule has 1 heterocycles. The zero-order valence-electron chi connectivity index (χ0n) is 14.4. The van der Waals surface area contributed by atoms with Crippen molar-refractivity contribution >= 4 is 5.91 Å². The van der Waals surface area contributed by atoms with Crippen molar-refractivity contribution in [2.24, 2.45) is 23.0 Å². The lowest BCUT2D eigenvalue weighted by Gasteiger charge is -2.47. The Morgan fingerprint density at radius 1 is 1.10 bits per heavy atom. The molecule has 4 heteroatoms. The summed E-state index contributed by atoms with van der Waals surface area (Å²) in [7, 11) is 0. The number of hydrogen-bond donors (Lipinski definition) is 2. The summed E-state index contributed by atoms with van der Waals surface area (Å²) in [5.74, 6) is 0.631. The number of nitrogens with two attached hydrogens (primary N) is 1. The molecule has 2 aliphatic rings. The molecule has 4 nitrogen and oxygen atoms in total. The Bertz CT molecular complexity index is 372. The fourth-order valence-electron chi connectivity index (χ4n) is 4.17. The number of carbonyl (C=O) groups excluding carboxylic acids is 1. The van der Waals surface area contributed by atoms with Gasteiger partial charge in [0.05, 0.1) is 0 Å². The molecule has 0 spiro atoms. The predicted molar refractivity (Wildman–Crippen MR) is 86.4 cm³/mol. The molecule has 0 aromatic heterocycles. The van der Waals surface area contributed by atoms with E-state index in [0.717, 1.165) is 12.8 Å². The highest BCUT2D eigenvalue weighted by molar-refractivity contribution is 5.79. The van der Waals surface area contributed by atoms with Crippen LogP contribution in [0.4, 0.5) is 0 Å². The van der Waals surface area contributed by atoms with Crippen molar-refractivity contribution in [1.29, 1.82) is 0 Å². The number of rotatable bonds is 2. The summed E-state index contributed by atoms with van der Waals surface area (Å²) in [6, 6.07) is 1.09. The fraction of sp³-hybridized carbons (Fsp3) is 0.941. The molecule has 0 aromatic carbocycles. The van der Waals surface area contributed by atoms with Crippen molar-refractivity contribution in [3.63, 3.8) is 0 Å². The van der Waals surface area contributed by atoms with Crippen LogP contribution in [0.2, 0.25) is 0 Å². The van der Waals surface area contributed by atoms with Crippen LogP contribution in [-0.2, 0) is 4.79 Å². The molecule has 2 fully saturated rings. The summed E-state index contributed by atoms with van der Waals surface area (Å²) in [6.45, 7) is 11.0. The first-order chi connectivity index (χ1) is 9.75. The molecule has 122 valence electrons. The van der Waals surface area contributed by atoms with Gasteiger partial charge in [0.25, 0.3) is 0 Å². The van der Waals surface area contributed by atoms with E-state index in [1.54, 1.807) is 0 Å². The van der Waals surface area contributed by atoms with Crippen LogP contribution in [0.15, 0.2) is 0 Å². The third-order valence-electron chi connectivity index (χ3n) is 6.25. The van der Waals surface area contributed by atoms with E-state index in [1.165, 1.54) is 19.3 Å². The van der Waals surface area contributed by atoms with E-state index in [-0.39, 0.29) is 23.3 Å². The van der Waals surface area contributed by atoms with Crippen LogP contribution in [0.5, 0.6) is 0 Å². The topological polar surface area (TPSA) is 58.4 Å². The molecule has 3 N–H and O–H groups in total. The lowest BCUT2D eigenvalue weighted by Crippen LogP contribution is -2.58. The molecule has 0 radical (unpaired) electrons. The molecule has 0 aromatic rings. The second-order valence-electron chi connectivity index (χ2n) is 7.92. The van der Waals surface area contributed by atoms with Gasteiger partial charge in [0.1, 0.15) is 0 Å². The van der Waals surface area contributed by atoms with Crippen molar-refractivity contribution in [3.8, 4) is 0 Å². The van der Waals surface area contributed by atoms with Crippen LogP contribution in [0.1, 0.15) is 66.7 Å². The van der Waals surface area contributed by atoms with E-state index in [9.17, 15) is 4.79 Å². The van der Waals surface area contributed by atoms with Gasteiger partial charge < -0.3 is 5.73 Å². The van der Waals surface area contributed by atoms with Crippen molar-refractivity contribution in [1.82, 2.24) is 10.4 Å². The molecule has 1 saturated heterocycles. The van der Waals surface area contributed by atoms with Crippen molar-refractivity contribution < 1.29 is 4.79 Å². The van der Waals surface area contributed by atoms with Gasteiger partial charge in [0, 0.05) is 24.0 Å². The third kappa shape index (κ3) is 3.26. The number of hydrazine groups is 1. The van der Waals surface area contributed by atoms with Crippen LogP contribution in [0.25, 0.3) is 0 Å². The van der Waals surface area contributed by atoms with Crippen LogP contribution < -0.4 is 11.2 Å². The summed E-state index contributed by atoms with van der Waals surface area (Å²) in [6.07, 6.45) is 5.45. The number of nitrogens with zero attached hydrogens (tertiary/aromatic N) is 1. The van der Waals surface area contributed by atoms with Gasteiger partial charge in [-0.25, -0.2) is 5.01 Å². The Balaban J connectivity index is 2.05. The second kappa shape index (κ2) is 6.25. The number of hydrogen-bond acceptors (Lipinski definition) is 3. The van der Waals surface area contributed by atoms with Crippen LogP contribution in [0.3, 0.4) is 0 Å². The van der Waals surface area contributed by atoms with Crippen molar-refractivity contribution in [2.75, 3.05) is 0 Å². The molecule has 1 amide bonds. The van der Waals surface area contributed by atoms with E-state index in [2.05, 4.69) is 45.1 Å². The van der Waals surface area contributed by atoms with Gasteiger partial charge in [-0.05, 0) is 50.9 Å². The Hall–Kier alpha value is -0.610. The maximum Gasteiger partial charge on any atom is 0.237 e. The van der Waals surface area contributed by atoms with Gasteiger partial charge in [0.15, 0.2) is 0 Å². The molecule has 2 rings (SSSR count). The zero-order chi connectivity index (χ0) is 15.8. The lowest BCUT2D eigenvalue weighted by atomic mass is 9.61. The first-order valence-corrected chi connectivity index (χ1v) is 8.59. The number of piperidine rings is 1. The minimum Gasteiger partial charge on any atom is -0.327 e. The zero-order valence-corrected chi connectivity index (χ0v) is 14.4.